The fourth-order valence-electron chi connectivity index (χ4n) is 2.18. The summed E-state index contributed by atoms with van der Waals surface area (Å²) >= 11 is 5.97. The Morgan fingerprint density at radius 1 is 1.17 bits per heavy atom. The fourth-order valence-corrected chi connectivity index (χ4v) is 2.36. The SMILES string of the molecule is Cc1c(Cl)nnc(-c2ccc3c(c2)CCO3)c1C. The van der Waals surface area contributed by atoms with E-state index in [1.165, 1.54) is 5.56 Å². The van der Waals surface area contributed by atoms with Crippen LogP contribution in [0.25, 0.3) is 11.3 Å². The van der Waals surface area contributed by atoms with Crippen molar-refractivity contribution in [1.82, 2.24) is 10.2 Å². The molecular formula is C14H13ClN2O. The third-order valence-corrected chi connectivity index (χ3v) is 3.79. The fraction of sp³-hybridized carbons (Fsp3) is 0.286. The van der Waals surface area contributed by atoms with Gasteiger partial charge < -0.3 is 4.74 Å². The smallest absolute Gasteiger partial charge is 0.154 e. The minimum Gasteiger partial charge on any atom is -0.493 e. The van der Waals surface area contributed by atoms with Crippen LogP contribution in [0.15, 0.2) is 18.2 Å². The topological polar surface area (TPSA) is 35.0 Å². The number of aromatic nitrogens is 2. The summed E-state index contributed by atoms with van der Waals surface area (Å²) in [6, 6.07) is 6.16. The number of benzene rings is 1. The zero-order valence-corrected chi connectivity index (χ0v) is 11.1. The average Bonchev–Trinajstić information content (AvgIpc) is 2.83. The predicted molar refractivity (Wildman–Crippen MR) is 71.2 cm³/mol. The predicted octanol–water partition coefficient (Wildman–Crippen LogP) is 3.35. The highest BCUT2D eigenvalue weighted by Crippen LogP contribution is 2.32. The molecule has 3 nitrogen and oxygen atoms in total. The van der Waals surface area contributed by atoms with Gasteiger partial charge in [0.25, 0.3) is 0 Å². The summed E-state index contributed by atoms with van der Waals surface area (Å²) in [5, 5.41) is 8.68. The number of halogens is 1. The Hall–Kier alpha value is -1.61. The lowest BCUT2D eigenvalue weighted by atomic mass is 10.0. The number of hydrogen-bond donors (Lipinski definition) is 0. The summed E-state index contributed by atoms with van der Waals surface area (Å²) in [6.07, 6.45) is 0.961. The number of nitrogens with zero attached hydrogens (tertiary/aromatic N) is 2. The number of fused-ring (bicyclic) bond motifs is 1. The molecule has 1 aromatic heterocycles. The minimum atomic E-state index is 0.473. The largest absolute Gasteiger partial charge is 0.493 e. The van der Waals surface area contributed by atoms with Crippen molar-refractivity contribution in [2.45, 2.75) is 20.3 Å². The van der Waals surface area contributed by atoms with Gasteiger partial charge in [-0.25, -0.2) is 0 Å². The van der Waals surface area contributed by atoms with Crippen LogP contribution in [0.2, 0.25) is 5.15 Å². The van der Waals surface area contributed by atoms with Gasteiger partial charge in [-0.2, -0.15) is 0 Å². The standard InChI is InChI=1S/C14H13ClN2O/c1-8-9(2)14(15)17-16-13(8)11-3-4-12-10(7-11)5-6-18-12/h3-4,7H,5-6H2,1-2H3. The van der Waals surface area contributed by atoms with E-state index in [1.54, 1.807) is 0 Å². The van der Waals surface area contributed by atoms with Crippen molar-refractivity contribution in [2.24, 2.45) is 0 Å². The lowest BCUT2D eigenvalue weighted by Crippen LogP contribution is -1.97. The second-order valence-electron chi connectivity index (χ2n) is 4.51. The molecule has 1 aliphatic heterocycles. The second-order valence-corrected chi connectivity index (χ2v) is 4.87. The number of ether oxygens (including phenoxy) is 1. The van der Waals surface area contributed by atoms with Gasteiger partial charge in [-0.3, -0.25) is 0 Å². The maximum atomic E-state index is 5.97. The molecule has 0 aliphatic carbocycles. The van der Waals surface area contributed by atoms with Crippen LogP contribution in [0.4, 0.5) is 0 Å². The van der Waals surface area contributed by atoms with Crippen LogP contribution in [-0.2, 0) is 6.42 Å². The molecular weight excluding hydrogens is 248 g/mol. The Labute approximate surface area is 111 Å². The van der Waals surface area contributed by atoms with Crippen LogP contribution in [0.1, 0.15) is 16.7 Å². The van der Waals surface area contributed by atoms with Gasteiger partial charge in [0.2, 0.25) is 0 Å². The molecule has 0 bridgehead atoms. The summed E-state index contributed by atoms with van der Waals surface area (Å²) in [4.78, 5) is 0. The molecule has 0 radical (unpaired) electrons. The highest BCUT2D eigenvalue weighted by Gasteiger charge is 2.15. The van der Waals surface area contributed by atoms with Crippen molar-refractivity contribution >= 4 is 11.6 Å². The van der Waals surface area contributed by atoms with E-state index < -0.39 is 0 Å². The third-order valence-electron chi connectivity index (χ3n) is 3.43. The first-order chi connectivity index (χ1) is 8.66. The monoisotopic (exact) mass is 260 g/mol. The van der Waals surface area contributed by atoms with Crippen molar-refractivity contribution < 1.29 is 4.74 Å². The van der Waals surface area contributed by atoms with E-state index in [0.717, 1.165) is 41.2 Å². The van der Waals surface area contributed by atoms with Crippen LogP contribution < -0.4 is 4.74 Å². The molecule has 0 atom stereocenters. The van der Waals surface area contributed by atoms with Crippen molar-refractivity contribution in [3.05, 3.63) is 40.0 Å². The molecule has 2 aromatic rings. The van der Waals surface area contributed by atoms with Gasteiger partial charge in [-0.15, -0.1) is 10.2 Å². The molecule has 2 heterocycles. The average molecular weight is 261 g/mol. The molecule has 4 heteroatoms. The van der Waals surface area contributed by atoms with E-state index in [0.29, 0.717) is 5.15 Å². The molecule has 92 valence electrons. The van der Waals surface area contributed by atoms with Gasteiger partial charge in [0, 0.05) is 12.0 Å². The summed E-state index contributed by atoms with van der Waals surface area (Å²) in [5.74, 6) is 0.982. The number of rotatable bonds is 1. The van der Waals surface area contributed by atoms with Crippen molar-refractivity contribution in [1.29, 1.82) is 0 Å². The van der Waals surface area contributed by atoms with E-state index in [1.807, 2.05) is 26.0 Å². The van der Waals surface area contributed by atoms with Crippen molar-refractivity contribution in [2.75, 3.05) is 6.61 Å². The van der Waals surface area contributed by atoms with Gasteiger partial charge in [0.1, 0.15) is 5.75 Å². The molecule has 0 N–H and O–H groups in total. The van der Waals surface area contributed by atoms with Gasteiger partial charge >= 0.3 is 0 Å². The van der Waals surface area contributed by atoms with Crippen LogP contribution in [0, 0.1) is 13.8 Å². The Kier molecular flexibility index (Phi) is 2.71. The molecule has 0 amide bonds. The maximum Gasteiger partial charge on any atom is 0.154 e. The summed E-state index contributed by atoms with van der Waals surface area (Å²) in [5.41, 5.74) is 5.27. The molecule has 1 aliphatic rings. The highest BCUT2D eigenvalue weighted by atomic mass is 35.5. The van der Waals surface area contributed by atoms with Crippen LogP contribution in [0.3, 0.4) is 0 Å². The molecule has 18 heavy (non-hydrogen) atoms. The normalized spacial score (nSPS) is 13.3. The van der Waals surface area contributed by atoms with E-state index in [4.69, 9.17) is 16.3 Å². The third kappa shape index (κ3) is 1.75. The van der Waals surface area contributed by atoms with E-state index in [2.05, 4.69) is 16.3 Å². The summed E-state index contributed by atoms with van der Waals surface area (Å²) < 4.78 is 5.51. The first-order valence-electron chi connectivity index (χ1n) is 5.92. The Morgan fingerprint density at radius 2 is 2.00 bits per heavy atom. The zero-order valence-electron chi connectivity index (χ0n) is 10.3. The summed E-state index contributed by atoms with van der Waals surface area (Å²) in [7, 11) is 0. The molecule has 3 rings (SSSR count). The van der Waals surface area contributed by atoms with Crippen LogP contribution in [-0.4, -0.2) is 16.8 Å². The zero-order chi connectivity index (χ0) is 12.7. The summed E-state index contributed by atoms with van der Waals surface area (Å²) in [6.45, 7) is 4.75. The van der Waals surface area contributed by atoms with E-state index >= 15 is 0 Å². The molecule has 0 spiro atoms. The maximum absolute atomic E-state index is 5.97. The first kappa shape index (κ1) is 11.5. The quantitative estimate of drug-likeness (QED) is 0.789. The molecule has 1 aromatic carbocycles. The lowest BCUT2D eigenvalue weighted by molar-refractivity contribution is 0.357. The first-order valence-corrected chi connectivity index (χ1v) is 6.30. The second kappa shape index (κ2) is 4.25. The van der Waals surface area contributed by atoms with Crippen LogP contribution in [0.5, 0.6) is 5.75 Å². The Balaban J connectivity index is 2.13. The lowest BCUT2D eigenvalue weighted by Gasteiger charge is -2.09. The van der Waals surface area contributed by atoms with Crippen LogP contribution >= 0.6 is 11.6 Å². The molecule has 0 saturated heterocycles. The van der Waals surface area contributed by atoms with Gasteiger partial charge in [0.05, 0.1) is 12.3 Å². The van der Waals surface area contributed by atoms with Gasteiger partial charge in [-0.1, -0.05) is 11.6 Å². The minimum absolute atomic E-state index is 0.473. The molecule has 0 fully saturated rings. The van der Waals surface area contributed by atoms with Gasteiger partial charge in [-0.05, 0) is 48.7 Å². The van der Waals surface area contributed by atoms with Crippen molar-refractivity contribution in [3.8, 4) is 17.0 Å². The Morgan fingerprint density at radius 3 is 2.83 bits per heavy atom. The number of hydrogen-bond acceptors (Lipinski definition) is 3. The highest BCUT2D eigenvalue weighted by molar-refractivity contribution is 6.30. The van der Waals surface area contributed by atoms with Crippen molar-refractivity contribution in [3.63, 3.8) is 0 Å². The van der Waals surface area contributed by atoms with E-state index in [-0.39, 0.29) is 0 Å². The van der Waals surface area contributed by atoms with E-state index in [9.17, 15) is 0 Å². The molecule has 0 saturated carbocycles. The van der Waals surface area contributed by atoms with Gasteiger partial charge in [0.15, 0.2) is 5.15 Å². The Bertz CT molecular complexity index is 625. The molecule has 0 unspecified atom stereocenters.